The lowest BCUT2D eigenvalue weighted by molar-refractivity contribution is 0.447. The van der Waals surface area contributed by atoms with Gasteiger partial charge in [0.15, 0.2) is 5.22 Å². The molecular formula is C14H14Br2ClNO. The van der Waals surface area contributed by atoms with Gasteiger partial charge in [-0.25, -0.2) is 0 Å². The van der Waals surface area contributed by atoms with E-state index >= 15 is 0 Å². The molecule has 1 aromatic carbocycles. The summed E-state index contributed by atoms with van der Waals surface area (Å²) in [5.74, 6) is 0.817. The molecule has 1 atom stereocenters. The molecule has 1 N–H and O–H groups in total. The van der Waals surface area contributed by atoms with E-state index in [4.69, 9.17) is 16.0 Å². The van der Waals surface area contributed by atoms with Crippen molar-refractivity contribution in [1.82, 2.24) is 5.32 Å². The van der Waals surface area contributed by atoms with Crippen LogP contribution in [-0.4, -0.2) is 6.54 Å². The lowest BCUT2D eigenvalue weighted by atomic mass is 10.0. The maximum atomic E-state index is 5.88. The van der Waals surface area contributed by atoms with E-state index in [1.165, 1.54) is 0 Å². The fourth-order valence-electron chi connectivity index (χ4n) is 1.87. The summed E-state index contributed by atoms with van der Waals surface area (Å²) < 4.78 is 7.63. The molecule has 2 nitrogen and oxygen atoms in total. The average molecular weight is 408 g/mol. The van der Waals surface area contributed by atoms with E-state index in [2.05, 4.69) is 50.2 Å². The Kier molecular flexibility index (Phi) is 5.51. The van der Waals surface area contributed by atoms with Crippen LogP contribution in [0.3, 0.4) is 0 Å². The summed E-state index contributed by atoms with van der Waals surface area (Å²) in [6, 6.07) is 9.75. The zero-order valence-electron chi connectivity index (χ0n) is 10.4. The maximum Gasteiger partial charge on any atom is 0.193 e. The maximum absolute atomic E-state index is 5.88. The van der Waals surface area contributed by atoms with Gasteiger partial charge in [-0.3, -0.25) is 0 Å². The first-order valence-electron chi connectivity index (χ1n) is 6.05. The van der Waals surface area contributed by atoms with Crippen molar-refractivity contribution in [1.29, 1.82) is 0 Å². The number of halogens is 3. The van der Waals surface area contributed by atoms with Crippen LogP contribution in [0.15, 0.2) is 43.7 Å². The molecule has 0 bridgehead atoms. The first-order chi connectivity index (χ1) is 9.11. The molecule has 0 spiro atoms. The van der Waals surface area contributed by atoms with Gasteiger partial charge < -0.3 is 9.73 Å². The average Bonchev–Trinajstić information content (AvgIpc) is 2.80. The lowest BCUT2D eigenvalue weighted by Crippen LogP contribution is -2.23. The minimum absolute atomic E-state index is 0.0145. The summed E-state index contributed by atoms with van der Waals surface area (Å²) in [5, 5.41) is 3.89. The Hall–Kier alpha value is -0.290. The van der Waals surface area contributed by atoms with Gasteiger partial charge in [0, 0.05) is 8.95 Å². The second-order valence-electron chi connectivity index (χ2n) is 4.19. The van der Waals surface area contributed by atoms with E-state index in [0.29, 0.717) is 5.22 Å². The van der Waals surface area contributed by atoms with Crippen LogP contribution >= 0.6 is 43.5 Å². The molecule has 0 radical (unpaired) electrons. The van der Waals surface area contributed by atoms with Gasteiger partial charge in [0.05, 0.1) is 6.04 Å². The molecule has 1 aromatic heterocycles. The Balaban J connectivity index is 2.39. The minimum Gasteiger partial charge on any atom is -0.448 e. The molecule has 0 saturated heterocycles. The number of hydrogen-bond acceptors (Lipinski definition) is 2. The van der Waals surface area contributed by atoms with Crippen LogP contribution < -0.4 is 5.32 Å². The highest BCUT2D eigenvalue weighted by molar-refractivity contribution is 9.11. The largest absolute Gasteiger partial charge is 0.448 e. The van der Waals surface area contributed by atoms with E-state index in [-0.39, 0.29) is 6.04 Å². The fourth-order valence-corrected chi connectivity index (χ4v) is 2.88. The predicted molar refractivity (Wildman–Crippen MR) is 85.7 cm³/mol. The molecule has 1 heterocycles. The molecule has 0 fully saturated rings. The smallest absolute Gasteiger partial charge is 0.193 e. The van der Waals surface area contributed by atoms with Gasteiger partial charge in [0.25, 0.3) is 0 Å². The second-order valence-corrected chi connectivity index (χ2v) is 6.34. The summed E-state index contributed by atoms with van der Waals surface area (Å²) >= 11 is 13.0. The van der Waals surface area contributed by atoms with E-state index < -0.39 is 0 Å². The third-order valence-electron chi connectivity index (χ3n) is 2.75. The van der Waals surface area contributed by atoms with Gasteiger partial charge in [0.2, 0.25) is 0 Å². The Morgan fingerprint density at radius 2 is 2.05 bits per heavy atom. The summed E-state index contributed by atoms with van der Waals surface area (Å²) in [6.07, 6.45) is 1.05. The highest BCUT2D eigenvalue weighted by Crippen LogP contribution is 2.32. The second kappa shape index (κ2) is 6.93. The molecule has 19 heavy (non-hydrogen) atoms. The Morgan fingerprint density at radius 3 is 2.68 bits per heavy atom. The highest BCUT2D eigenvalue weighted by atomic mass is 79.9. The molecule has 0 amide bonds. The van der Waals surface area contributed by atoms with E-state index in [1.807, 2.05) is 18.2 Å². The molecular weight excluding hydrogens is 393 g/mol. The minimum atomic E-state index is -0.0145. The fraction of sp³-hybridized carbons (Fsp3) is 0.286. The SMILES string of the molecule is CCCNC(c1ccc(Cl)o1)c1cc(Br)ccc1Br. The predicted octanol–water partition coefficient (Wildman–Crippen LogP) is 5.55. The van der Waals surface area contributed by atoms with Gasteiger partial charge in [-0.2, -0.15) is 0 Å². The number of rotatable bonds is 5. The molecule has 2 aromatic rings. The zero-order chi connectivity index (χ0) is 13.8. The van der Waals surface area contributed by atoms with E-state index in [0.717, 1.165) is 33.2 Å². The normalized spacial score (nSPS) is 12.6. The Morgan fingerprint density at radius 1 is 1.26 bits per heavy atom. The van der Waals surface area contributed by atoms with Gasteiger partial charge >= 0.3 is 0 Å². The third-order valence-corrected chi connectivity index (χ3v) is 4.16. The third kappa shape index (κ3) is 3.85. The summed E-state index contributed by atoms with van der Waals surface area (Å²) in [4.78, 5) is 0. The van der Waals surface area contributed by atoms with E-state index in [9.17, 15) is 0 Å². The standard InChI is InChI=1S/C14H14Br2ClNO/c1-2-7-18-14(12-5-6-13(17)19-12)10-8-9(15)3-4-11(10)16/h3-6,8,14,18H,2,7H2,1H3. The van der Waals surface area contributed by atoms with Gasteiger partial charge in [0.1, 0.15) is 5.76 Å². The van der Waals surface area contributed by atoms with Crippen LogP contribution in [0.5, 0.6) is 0 Å². The summed E-state index contributed by atoms with van der Waals surface area (Å²) in [5.41, 5.74) is 1.12. The number of benzene rings is 1. The Labute approximate surface area is 134 Å². The number of nitrogens with one attached hydrogen (secondary N) is 1. The molecule has 1 unspecified atom stereocenters. The molecule has 0 aliphatic rings. The molecule has 2 rings (SSSR count). The van der Waals surface area contributed by atoms with Crippen molar-refractivity contribution >= 4 is 43.5 Å². The van der Waals surface area contributed by atoms with Crippen molar-refractivity contribution in [2.24, 2.45) is 0 Å². The molecule has 0 saturated carbocycles. The summed E-state index contributed by atoms with van der Waals surface area (Å²) in [6.45, 7) is 3.04. The van der Waals surface area contributed by atoms with Gasteiger partial charge in [-0.15, -0.1) is 0 Å². The van der Waals surface area contributed by atoms with Crippen LogP contribution in [0.4, 0.5) is 0 Å². The molecule has 0 aliphatic heterocycles. The molecule has 102 valence electrons. The quantitative estimate of drug-likeness (QED) is 0.703. The van der Waals surface area contributed by atoms with Crippen LogP contribution in [0, 0.1) is 0 Å². The van der Waals surface area contributed by atoms with Crippen LogP contribution in [0.1, 0.15) is 30.7 Å². The van der Waals surface area contributed by atoms with Crippen molar-refractivity contribution < 1.29 is 4.42 Å². The highest BCUT2D eigenvalue weighted by Gasteiger charge is 2.19. The zero-order valence-corrected chi connectivity index (χ0v) is 14.3. The molecule has 5 heteroatoms. The topological polar surface area (TPSA) is 25.2 Å². The van der Waals surface area contributed by atoms with Crippen molar-refractivity contribution in [3.05, 3.63) is 55.8 Å². The lowest BCUT2D eigenvalue weighted by Gasteiger charge is -2.18. The molecule has 0 aliphatic carbocycles. The number of furan rings is 1. The van der Waals surface area contributed by atoms with Gasteiger partial charge in [-0.05, 0) is 60.5 Å². The van der Waals surface area contributed by atoms with Crippen molar-refractivity contribution in [2.45, 2.75) is 19.4 Å². The van der Waals surface area contributed by atoms with Crippen LogP contribution in [0.25, 0.3) is 0 Å². The first-order valence-corrected chi connectivity index (χ1v) is 8.01. The van der Waals surface area contributed by atoms with Crippen molar-refractivity contribution in [3.63, 3.8) is 0 Å². The van der Waals surface area contributed by atoms with E-state index in [1.54, 1.807) is 6.07 Å². The monoisotopic (exact) mass is 405 g/mol. The van der Waals surface area contributed by atoms with Crippen LogP contribution in [-0.2, 0) is 0 Å². The first kappa shape index (κ1) is 15.1. The Bertz CT molecular complexity index is 556. The van der Waals surface area contributed by atoms with Crippen molar-refractivity contribution in [3.8, 4) is 0 Å². The van der Waals surface area contributed by atoms with Crippen LogP contribution in [0.2, 0.25) is 5.22 Å². The van der Waals surface area contributed by atoms with Crippen molar-refractivity contribution in [2.75, 3.05) is 6.54 Å². The summed E-state index contributed by atoms with van der Waals surface area (Å²) in [7, 11) is 0. The van der Waals surface area contributed by atoms with Gasteiger partial charge in [-0.1, -0.05) is 38.8 Å². The number of hydrogen-bond donors (Lipinski definition) is 1.